The van der Waals surface area contributed by atoms with Gasteiger partial charge in [0.15, 0.2) is 0 Å². The van der Waals surface area contributed by atoms with Crippen LogP contribution in [0.4, 0.5) is 5.95 Å². The van der Waals surface area contributed by atoms with E-state index >= 15 is 0 Å². The number of benzene rings is 1. The highest BCUT2D eigenvalue weighted by Gasteiger charge is 2.07. The number of hydrogen-bond acceptors (Lipinski definition) is 7. The highest BCUT2D eigenvalue weighted by atomic mass is 16.5. The first-order valence-electron chi connectivity index (χ1n) is 6.46. The van der Waals surface area contributed by atoms with Gasteiger partial charge in [-0.05, 0) is 18.1 Å². The second-order valence-electron chi connectivity index (χ2n) is 4.12. The predicted octanol–water partition coefficient (Wildman–Crippen LogP) is 1.55. The van der Waals surface area contributed by atoms with E-state index in [2.05, 4.69) is 20.3 Å². The van der Waals surface area contributed by atoms with E-state index in [0.29, 0.717) is 12.5 Å². The molecule has 0 aliphatic carbocycles. The lowest BCUT2D eigenvalue weighted by Gasteiger charge is -2.09. The monoisotopic (exact) mass is 290 g/mol. The summed E-state index contributed by atoms with van der Waals surface area (Å²) in [5.74, 6) is 1.28. The van der Waals surface area contributed by atoms with Crippen molar-refractivity contribution in [1.82, 2.24) is 15.0 Å². The largest absolute Gasteiger partial charge is 0.496 e. The van der Waals surface area contributed by atoms with E-state index in [0.717, 1.165) is 17.7 Å². The van der Waals surface area contributed by atoms with Crippen LogP contribution in [-0.4, -0.2) is 42.8 Å². The molecule has 0 saturated heterocycles. The molecule has 112 valence electrons. The maximum absolute atomic E-state index is 5.31. The fourth-order valence-corrected chi connectivity index (χ4v) is 1.82. The molecule has 0 fully saturated rings. The van der Waals surface area contributed by atoms with Crippen LogP contribution in [0.3, 0.4) is 0 Å². The molecule has 1 heterocycles. The lowest BCUT2D eigenvalue weighted by atomic mass is 10.1. The molecule has 1 aromatic carbocycles. The molecule has 21 heavy (non-hydrogen) atoms. The minimum Gasteiger partial charge on any atom is -0.496 e. The zero-order chi connectivity index (χ0) is 15.1. The Morgan fingerprint density at radius 2 is 1.57 bits per heavy atom. The molecular weight excluding hydrogens is 272 g/mol. The Labute approximate surface area is 123 Å². The average Bonchev–Trinajstić information content (AvgIpc) is 2.54. The Morgan fingerprint density at radius 3 is 2.19 bits per heavy atom. The number of anilines is 1. The lowest BCUT2D eigenvalue weighted by Crippen LogP contribution is -2.10. The topological polar surface area (TPSA) is 78.4 Å². The summed E-state index contributed by atoms with van der Waals surface area (Å²) >= 11 is 0. The van der Waals surface area contributed by atoms with E-state index < -0.39 is 0 Å². The second kappa shape index (κ2) is 7.28. The van der Waals surface area contributed by atoms with Gasteiger partial charge >= 0.3 is 12.0 Å². The quantitative estimate of drug-likeness (QED) is 0.828. The van der Waals surface area contributed by atoms with Gasteiger partial charge in [0.1, 0.15) is 5.75 Å². The molecule has 0 bridgehead atoms. The standard InChI is InChI=1S/C14H18N4O3/c1-19-11-7-5-4-6-10(11)8-9-15-12-16-13(20-2)18-14(17-12)21-3/h4-7H,8-9H2,1-3H3,(H,15,16,17,18). The maximum Gasteiger partial charge on any atom is 0.324 e. The second-order valence-corrected chi connectivity index (χ2v) is 4.12. The summed E-state index contributed by atoms with van der Waals surface area (Å²) in [6, 6.07) is 8.30. The van der Waals surface area contributed by atoms with Gasteiger partial charge in [-0.15, -0.1) is 4.98 Å². The van der Waals surface area contributed by atoms with Gasteiger partial charge in [-0.1, -0.05) is 18.2 Å². The first-order chi connectivity index (χ1) is 10.3. The minimum absolute atomic E-state index is 0.210. The zero-order valence-corrected chi connectivity index (χ0v) is 12.3. The summed E-state index contributed by atoms with van der Waals surface area (Å²) in [6.45, 7) is 0.649. The van der Waals surface area contributed by atoms with Crippen molar-refractivity contribution in [2.45, 2.75) is 6.42 Å². The fraction of sp³-hybridized carbons (Fsp3) is 0.357. The molecule has 0 radical (unpaired) electrons. The molecule has 0 aliphatic heterocycles. The highest BCUT2D eigenvalue weighted by Crippen LogP contribution is 2.18. The van der Waals surface area contributed by atoms with Crippen molar-refractivity contribution in [3.63, 3.8) is 0 Å². The molecule has 0 saturated carbocycles. The number of methoxy groups -OCH3 is 3. The number of para-hydroxylation sites is 1. The summed E-state index contributed by atoms with van der Waals surface area (Å²) in [6.07, 6.45) is 0.778. The van der Waals surface area contributed by atoms with Gasteiger partial charge in [0.2, 0.25) is 5.95 Å². The van der Waals surface area contributed by atoms with Crippen LogP contribution in [0.1, 0.15) is 5.56 Å². The number of rotatable bonds is 7. The van der Waals surface area contributed by atoms with Gasteiger partial charge in [-0.25, -0.2) is 0 Å². The SMILES string of the molecule is COc1nc(NCCc2ccccc2OC)nc(OC)n1. The molecule has 1 N–H and O–H groups in total. The van der Waals surface area contributed by atoms with Crippen LogP contribution < -0.4 is 19.5 Å². The van der Waals surface area contributed by atoms with Crippen molar-refractivity contribution < 1.29 is 14.2 Å². The molecule has 0 amide bonds. The van der Waals surface area contributed by atoms with Crippen LogP contribution in [0.15, 0.2) is 24.3 Å². The summed E-state index contributed by atoms with van der Waals surface area (Å²) in [4.78, 5) is 12.2. The van der Waals surface area contributed by atoms with E-state index in [1.54, 1.807) is 7.11 Å². The molecule has 2 aromatic rings. The summed E-state index contributed by atoms with van der Waals surface area (Å²) in [5.41, 5.74) is 1.11. The van der Waals surface area contributed by atoms with Gasteiger partial charge in [-0.3, -0.25) is 0 Å². The molecule has 7 heteroatoms. The molecular formula is C14H18N4O3. The van der Waals surface area contributed by atoms with Crippen molar-refractivity contribution in [1.29, 1.82) is 0 Å². The van der Waals surface area contributed by atoms with Crippen molar-refractivity contribution >= 4 is 5.95 Å². The highest BCUT2D eigenvalue weighted by molar-refractivity contribution is 5.35. The summed E-state index contributed by atoms with van der Waals surface area (Å²) in [5, 5.41) is 3.12. The van der Waals surface area contributed by atoms with Crippen molar-refractivity contribution in [2.24, 2.45) is 0 Å². The molecule has 7 nitrogen and oxygen atoms in total. The molecule has 2 rings (SSSR count). The first-order valence-corrected chi connectivity index (χ1v) is 6.46. The van der Waals surface area contributed by atoms with Crippen molar-refractivity contribution in [3.05, 3.63) is 29.8 Å². The van der Waals surface area contributed by atoms with Gasteiger partial charge in [0, 0.05) is 6.54 Å². The Hall–Kier alpha value is -2.57. The fourth-order valence-electron chi connectivity index (χ4n) is 1.82. The minimum atomic E-state index is 0.210. The predicted molar refractivity (Wildman–Crippen MR) is 78.1 cm³/mol. The number of hydrogen-bond donors (Lipinski definition) is 1. The Balaban J connectivity index is 2.00. The van der Waals surface area contributed by atoms with Crippen LogP contribution >= 0.6 is 0 Å². The van der Waals surface area contributed by atoms with E-state index in [1.165, 1.54) is 14.2 Å². The number of nitrogens with one attached hydrogen (secondary N) is 1. The summed E-state index contributed by atoms with van der Waals surface area (Å²) in [7, 11) is 4.65. The van der Waals surface area contributed by atoms with E-state index in [1.807, 2.05) is 24.3 Å². The average molecular weight is 290 g/mol. The zero-order valence-electron chi connectivity index (χ0n) is 12.3. The maximum atomic E-state index is 5.31. The third kappa shape index (κ3) is 3.95. The normalized spacial score (nSPS) is 10.0. The van der Waals surface area contributed by atoms with Crippen LogP contribution in [0.2, 0.25) is 0 Å². The Morgan fingerprint density at radius 1 is 0.905 bits per heavy atom. The number of ether oxygens (including phenoxy) is 3. The van der Waals surface area contributed by atoms with E-state index in [4.69, 9.17) is 14.2 Å². The molecule has 0 unspecified atom stereocenters. The van der Waals surface area contributed by atoms with Gasteiger partial charge < -0.3 is 19.5 Å². The van der Waals surface area contributed by atoms with Gasteiger partial charge in [0.05, 0.1) is 21.3 Å². The lowest BCUT2D eigenvalue weighted by molar-refractivity contribution is 0.341. The van der Waals surface area contributed by atoms with Gasteiger partial charge in [-0.2, -0.15) is 9.97 Å². The van der Waals surface area contributed by atoms with E-state index in [-0.39, 0.29) is 12.0 Å². The van der Waals surface area contributed by atoms with Crippen LogP contribution in [-0.2, 0) is 6.42 Å². The third-order valence-electron chi connectivity index (χ3n) is 2.83. The van der Waals surface area contributed by atoms with Crippen molar-refractivity contribution in [3.8, 4) is 17.8 Å². The van der Waals surface area contributed by atoms with Gasteiger partial charge in [0.25, 0.3) is 0 Å². The summed E-state index contributed by atoms with van der Waals surface area (Å²) < 4.78 is 15.3. The number of aromatic nitrogens is 3. The Kier molecular flexibility index (Phi) is 5.14. The van der Waals surface area contributed by atoms with Crippen molar-refractivity contribution in [2.75, 3.05) is 33.2 Å². The molecule has 0 spiro atoms. The smallest absolute Gasteiger partial charge is 0.324 e. The Bertz CT molecular complexity index is 570. The molecule has 1 aromatic heterocycles. The third-order valence-corrected chi connectivity index (χ3v) is 2.83. The first kappa shape index (κ1) is 14.8. The van der Waals surface area contributed by atoms with Crippen LogP contribution in [0.5, 0.6) is 17.8 Å². The molecule has 0 atom stereocenters. The van der Waals surface area contributed by atoms with Crippen LogP contribution in [0.25, 0.3) is 0 Å². The molecule has 0 aliphatic rings. The van der Waals surface area contributed by atoms with Crippen LogP contribution in [0, 0.1) is 0 Å². The van der Waals surface area contributed by atoms with E-state index in [9.17, 15) is 0 Å². The number of nitrogens with zero attached hydrogens (tertiary/aromatic N) is 3.